The van der Waals surface area contributed by atoms with Gasteiger partial charge in [-0.25, -0.2) is 8.42 Å². The normalized spacial score (nSPS) is 18.1. The third kappa shape index (κ3) is 6.38. The van der Waals surface area contributed by atoms with Crippen LogP contribution in [0, 0.1) is 0 Å². The molecule has 39 heavy (non-hydrogen) atoms. The number of carbonyl (C=O) groups excluding carboxylic acids is 3. The van der Waals surface area contributed by atoms with Crippen LogP contribution in [0.2, 0.25) is 0 Å². The number of amides is 3. The van der Waals surface area contributed by atoms with Gasteiger partial charge in [0, 0.05) is 17.8 Å². The van der Waals surface area contributed by atoms with E-state index in [1.54, 1.807) is 51.4 Å². The highest BCUT2D eigenvalue weighted by Crippen LogP contribution is 2.37. The molecule has 0 saturated carbocycles. The van der Waals surface area contributed by atoms with Crippen LogP contribution in [0.1, 0.15) is 19.4 Å². The molecule has 1 aromatic heterocycles. The number of aromatic nitrogens is 1. The molecule has 4 rings (SSSR count). The molecular weight excluding hydrogens is 542 g/mol. The maximum atomic E-state index is 14.2. The number of hydrogen-bond donors (Lipinski definition) is 2. The van der Waals surface area contributed by atoms with E-state index in [1.807, 2.05) is 30.3 Å². The fourth-order valence-corrected chi connectivity index (χ4v) is 5.22. The average Bonchev–Trinajstić information content (AvgIpc) is 2.96. The van der Waals surface area contributed by atoms with Crippen LogP contribution >= 0.6 is 12.4 Å². The summed E-state index contributed by atoms with van der Waals surface area (Å²) in [6, 6.07) is 13.7. The molecule has 2 aromatic carbocycles. The van der Waals surface area contributed by atoms with Crippen molar-refractivity contribution in [3.05, 3.63) is 66.4 Å². The zero-order valence-corrected chi connectivity index (χ0v) is 23.8. The number of rotatable bonds is 7. The predicted octanol–water partition coefficient (Wildman–Crippen LogP) is 2.06. The molecule has 208 valence electrons. The Hall–Kier alpha value is -3.54. The first-order chi connectivity index (χ1) is 18.0. The number of hydrogen-bond acceptors (Lipinski definition) is 7. The summed E-state index contributed by atoms with van der Waals surface area (Å²) in [7, 11) is -2.04. The SMILES string of the molecule is CNC(C)C(=O)N[C@@H]1C(=O)N(Cc2ccnc3ccccc23)c2ccccc2N(C(=O)CS(C)(=O)=O)[C@H]1C.Cl. The summed E-state index contributed by atoms with van der Waals surface area (Å²) < 4.78 is 24.1. The van der Waals surface area contributed by atoms with Crippen molar-refractivity contribution in [3.63, 3.8) is 0 Å². The van der Waals surface area contributed by atoms with Crippen LogP contribution in [0.5, 0.6) is 0 Å². The third-order valence-corrected chi connectivity index (χ3v) is 7.47. The summed E-state index contributed by atoms with van der Waals surface area (Å²) in [6.07, 6.45) is 2.66. The van der Waals surface area contributed by atoms with Gasteiger partial charge in [-0.15, -0.1) is 12.4 Å². The van der Waals surface area contributed by atoms with Crippen molar-refractivity contribution in [2.75, 3.05) is 28.9 Å². The lowest BCUT2D eigenvalue weighted by Gasteiger charge is -2.32. The minimum absolute atomic E-state index is 0. The third-order valence-electron chi connectivity index (χ3n) is 6.70. The summed E-state index contributed by atoms with van der Waals surface area (Å²) in [6.45, 7) is 3.44. The summed E-state index contributed by atoms with van der Waals surface area (Å²) in [5, 5.41) is 6.51. The maximum absolute atomic E-state index is 14.2. The number of benzene rings is 2. The van der Waals surface area contributed by atoms with E-state index in [1.165, 1.54) is 9.80 Å². The summed E-state index contributed by atoms with van der Waals surface area (Å²) >= 11 is 0. The standard InChI is InChI=1S/C27H31N5O5S.ClH/c1-17(28-3)26(34)30-25-18(2)32(24(33)16-38(4,36)37)23-12-8-7-11-22(23)31(27(25)35)15-19-13-14-29-21-10-6-5-9-20(19)21;/h5-14,17-18,25,28H,15-16H2,1-4H3,(H,30,34);1H/t17?,18-,25-;/m0./s1. The molecule has 2 heterocycles. The zero-order valence-electron chi connectivity index (χ0n) is 22.1. The summed E-state index contributed by atoms with van der Waals surface area (Å²) in [5.41, 5.74) is 2.42. The number of likely N-dealkylation sites (N-methyl/N-ethyl adjacent to an activating group) is 1. The monoisotopic (exact) mass is 573 g/mol. The van der Waals surface area contributed by atoms with Crippen molar-refractivity contribution in [2.24, 2.45) is 0 Å². The van der Waals surface area contributed by atoms with Gasteiger partial charge in [0.05, 0.1) is 35.5 Å². The van der Waals surface area contributed by atoms with Gasteiger partial charge >= 0.3 is 0 Å². The van der Waals surface area contributed by atoms with Crippen LogP contribution in [-0.2, 0) is 30.8 Å². The van der Waals surface area contributed by atoms with Crippen molar-refractivity contribution >= 4 is 62.2 Å². The zero-order chi connectivity index (χ0) is 27.6. The van der Waals surface area contributed by atoms with Crippen molar-refractivity contribution in [1.82, 2.24) is 15.6 Å². The number of fused-ring (bicyclic) bond motifs is 2. The van der Waals surface area contributed by atoms with Gasteiger partial charge < -0.3 is 20.4 Å². The minimum Gasteiger partial charge on any atom is -0.341 e. The average molecular weight is 574 g/mol. The number of halogens is 1. The Morgan fingerprint density at radius 1 is 1.05 bits per heavy atom. The topological polar surface area (TPSA) is 129 Å². The van der Waals surface area contributed by atoms with Crippen molar-refractivity contribution in [2.45, 2.75) is 38.5 Å². The molecule has 0 radical (unpaired) electrons. The molecule has 0 saturated heterocycles. The van der Waals surface area contributed by atoms with E-state index in [-0.39, 0.29) is 19.0 Å². The highest BCUT2D eigenvalue weighted by molar-refractivity contribution is 7.91. The minimum atomic E-state index is -3.66. The largest absolute Gasteiger partial charge is 0.341 e. The molecule has 3 atom stereocenters. The van der Waals surface area contributed by atoms with E-state index in [9.17, 15) is 22.8 Å². The van der Waals surface area contributed by atoms with E-state index in [2.05, 4.69) is 15.6 Å². The fraction of sp³-hybridized carbons (Fsp3) is 0.333. The van der Waals surface area contributed by atoms with Crippen LogP contribution in [-0.4, -0.2) is 68.3 Å². The number of nitrogens with zero attached hydrogens (tertiary/aromatic N) is 3. The lowest BCUT2D eigenvalue weighted by Crippen LogP contribution is -2.60. The van der Waals surface area contributed by atoms with Crippen molar-refractivity contribution < 1.29 is 22.8 Å². The van der Waals surface area contributed by atoms with Gasteiger partial charge in [0.2, 0.25) is 11.8 Å². The van der Waals surface area contributed by atoms with Crippen LogP contribution in [0.25, 0.3) is 10.9 Å². The lowest BCUT2D eigenvalue weighted by molar-refractivity contribution is -0.129. The summed E-state index contributed by atoms with van der Waals surface area (Å²) in [5.74, 6) is -2.26. The Bertz CT molecular complexity index is 1490. The van der Waals surface area contributed by atoms with Crippen molar-refractivity contribution in [1.29, 1.82) is 0 Å². The highest BCUT2D eigenvalue weighted by Gasteiger charge is 2.42. The highest BCUT2D eigenvalue weighted by atomic mass is 35.5. The predicted molar refractivity (Wildman–Crippen MR) is 154 cm³/mol. The van der Waals surface area contributed by atoms with Gasteiger partial charge in [0.1, 0.15) is 11.8 Å². The number of para-hydroxylation sites is 3. The number of carbonyl (C=O) groups is 3. The molecule has 0 aliphatic carbocycles. The molecule has 1 aliphatic rings. The van der Waals surface area contributed by atoms with Crippen LogP contribution < -0.4 is 20.4 Å². The Kier molecular flexibility index (Phi) is 9.31. The first-order valence-corrected chi connectivity index (χ1v) is 14.3. The Morgan fingerprint density at radius 2 is 1.69 bits per heavy atom. The van der Waals surface area contributed by atoms with Crippen LogP contribution in [0.15, 0.2) is 60.8 Å². The van der Waals surface area contributed by atoms with E-state index >= 15 is 0 Å². The number of anilines is 2. The second kappa shape index (κ2) is 12.1. The van der Waals surface area contributed by atoms with Gasteiger partial charge in [0.15, 0.2) is 9.84 Å². The molecule has 10 nitrogen and oxygen atoms in total. The van der Waals surface area contributed by atoms with Crippen LogP contribution in [0.4, 0.5) is 11.4 Å². The smallest absolute Gasteiger partial charge is 0.252 e. The van der Waals surface area contributed by atoms with Crippen LogP contribution in [0.3, 0.4) is 0 Å². The molecule has 1 aliphatic heterocycles. The number of sulfone groups is 1. The quantitative estimate of drug-likeness (QED) is 0.443. The Balaban J connectivity index is 0.00000420. The molecule has 1 unspecified atom stereocenters. The molecule has 0 fully saturated rings. The van der Waals surface area contributed by atoms with Gasteiger partial charge in [-0.05, 0) is 50.7 Å². The van der Waals surface area contributed by atoms with Gasteiger partial charge in [-0.1, -0.05) is 30.3 Å². The van der Waals surface area contributed by atoms with E-state index in [0.29, 0.717) is 11.4 Å². The second-order valence-electron chi connectivity index (χ2n) is 9.47. The maximum Gasteiger partial charge on any atom is 0.252 e. The Morgan fingerprint density at radius 3 is 2.36 bits per heavy atom. The molecule has 0 spiro atoms. The van der Waals surface area contributed by atoms with Crippen molar-refractivity contribution in [3.8, 4) is 0 Å². The molecule has 3 amide bonds. The molecule has 0 bridgehead atoms. The molecule has 3 aromatic rings. The van der Waals surface area contributed by atoms with Gasteiger partial charge in [0.25, 0.3) is 5.91 Å². The molecular formula is C27H32ClN5O5S. The number of pyridine rings is 1. The first-order valence-electron chi connectivity index (χ1n) is 12.2. The lowest BCUT2D eigenvalue weighted by atomic mass is 10.1. The first kappa shape index (κ1) is 30.0. The fourth-order valence-electron chi connectivity index (χ4n) is 4.63. The second-order valence-corrected chi connectivity index (χ2v) is 11.6. The van der Waals surface area contributed by atoms with E-state index in [0.717, 1.165) is 22.7 Å². The molecule has 2 N–H and O–H groups in total. The van der Waals surface area contributed by atoms with Gasteiger partial charge in [-0.2, -0.15) is 0 Å². The van der Waals surface area contributed by atoms with E-state index in [4.69, 9.17) is 0 Å². The molecule has 12 heteroatoms. The van der Waals surface area contributed by atoms with E-state index < -0.39 is 51.4 Å². The van der Waals surface area contributed by atoms with Gasteiger partial charge in [-0.3, -0.25) is 19.4 Å². The summed E-state index contributed by atoms with van der Waals surface area (Å²) in [4.78, 5) is 47.7. The number of nitrogens with one attached hydrogen (secondary N) is 2. The Labute approximate surface area is 234 Å².